The van der Waals surface area contributed by atoms with Crippen molar-refractivity contribution in [1.29, 1.82) is 0 Å². The Labute approximate surface area is 80.1 Å². The molecule has 3 nitrogen and oxygen atoms in total. The fourth-order valence-electron chi connectivity index (χ4n) is 1.69. The SMILES string of the molecule is CCCCNC(=O)C1(CN)CCC1. The number of hydrogen-bond donors (Lipinski definition) is 2. The monoisotopic (exact) mass is 184 g/mol. The molecule has 1 rings (SSSR count). The van der Waals surface area contributed by atoms with Crippen molar-refractivity contribution >= 4 is 5.91 Å². The van der Waals surface area contributed by atoms with Crippen LogP contribution in [0.4, 0.5) is 0 Å². The zero-order valence-corrected chi connectivity index (χ0v) is 8.44. The summed E-state index contributed by atoms with van der Waals surface area (Å²) in [7, 11) is 0. The molecule has 0 aromatic carbocycles. The third-order valence-corrected chi connectivity index (χ3v) is 3.00. The summed E-state index contributed by atoms with van der Waals surface area (Å²) in [6, 6.07) is 0. The second-order valence-electron chi connectivity index (χ2n) is 3.95. The van der Waals surface area contributed by atoms with Gasteiger partial charge in [-0.1, -0.05) is 19.8 Å². The van der Waals surface area contributed by atoms with Gasteiger partial charge in [0, 0.05) is 13.1 Å². The minimum absolute atomic E-state index is 0.176. The quantitative estimate of drug-likeness (QED) is 0.627. The molecule has 1 fully saturated rings. The Morgan fingerprint density at radius 3 is 2.62 bits per heavy atom. The van der Waals surface area contributed by atoms with E-state index >= 15 is 0 Å². The van der Waals surface area contributed by atoms with E-state index < -0.39 is 0 Å². The zero-order valence-electron chi connectivity index (χ0n) is 8.44. The molecule has 76 valence electrons. The van der Waals surface area contributed by atoms with Gasteiger partial charge in [-0.25, -0.2) is 0 Å². The molecule has 1 aliphatic rings. The highest BCUT2D eigenvalue weighted by molar-refractivity contribution is 5.83. The molecule has 0 saturated heterocycles. The summed E-state index contributed by atoms with van der Waals surface area (Å²) in [5.41, 5.74) is 5.41. The number of rotatable bonds is 5. The Hall–Kier alpha value is -0.570. The van der Waals surface area contributed by atoms with Crippen LogP contribution < -0.4 is 11.1 Å². The fourth-order valence-corrected chi connectivity index (χ4v) is 1.69. The highest BCUT2D eigenvalue weighted by Crippen LogP contribution is 2.39. The van der Waals surface area contributed by atoms with Crippen molar-refractivity contribution < 1.29 is 4.79 Å². The van der Waals surface area contributed by atoms with E-state index in [0.29, 0.717) is 6.54 Å². The van der Waals surface area contributed by atoms with Gasteiger partial charge in [0.25, 0.3) is 0 Å². The van der Waals surface area contributed by atoms with E-state index in [0.717, 1.165) is 38.6 Å². The van der Waals surface area contributed by atoms with Crippen molar-refractivity contribution in [2.75, 3.05) is 13.1 Å². The summed E-state index contributed by atoms with van der Waals surface area (Å²) >= 11 is 0. The molecule has 0 spiro atoms. The number of hydrogen-bond acceptors (Lipinski definition) is 2. The van der Waals surface area contributed by atoms with Gasteiger partial charge in [0.15, 0.2) is 0 Å². The van der Waals surface area contributed by atoms with Crippen LogP contribution in [0.1, 0.15) is 39.0 Å². The smallest absolute Gasteiger partial charge is 0.227 e. The van der Waals surface area contributed by atoms with Crippen LogP contribution in [0.15, 0.2) is 0 Å². The standard InChI is InChI=1S/C10H20N2O/c1-2-3-7-12-9(13)10(8-11)5-4-6-10/h2-8,11H2,1H3,(H,12,13). The van der Waals surface area contributed by atoms with Crippen LogP contribution in [0.2, 0.25) is 0 Å². The van der Waals surface area contributed by atoms with E-state index in [9.17, 15) is 4.79 Å². The Balaban J connectivity index is 2.28. The lowest BCUT2D eigenvalue weighted by Crippen LogP contribution is -2.50. The van der Waals surface area contributed by atoms with E-state index in [4.69, 9.17) is 5.73 Å². The van der Waals surface area contributed by atoms with Crippen molar-refractivity contribution in [3.05, 3.63) is 0 Å². The number of nitrogens with one attached hydrogen (secondary N) is 1. The summed E-state index contributed by atoms with van der Waals surface area (Å²) in [6.45, 7) is 3.43. The summed E-state index contributed by atoms with van der Waals surface area (Å²) in [6.07, 6.45) is 5.28. The normalized spacial score (nSPS) is 19.2. The molecule has 0 atom stereocenters. The first-order valence-electron chi connectivity index (χ1n) is 5.23. The molecule has 0 aromatic heterocycles. The summed E-state index contributed by atoms with van der Waals surface area (Å²) in [5.74, 6) is 0.176. The van der Waals surface area contributed by atoms with Crippen molar-refractivity contribution in [2.24, 2.45) is 11.1 Å². The van der Waals surface area contributed by atoms with Gasteiger partial charge in [-0.3, -0.25) is 4.79 Å². The maximum absolute atomic E-state index is 11.7. The molecule has 0 heterocycles. The summed E-state index contributed by atoms with van der Waals surface area (Å²) < 4.78 is 0. The van der Waals surface area contributed by atoms with Crippen LogP contribution in [0.25, 0.3) is 0 Å². The molecule has 3 N–H and O–H groups in total. The van der Waals surface area contributed by atoms with E-state index in [2.05, 4.69) is 12.2 Å². The third kappa shape index (κ3) is 2.21. The topological polar surface area (TPSA) is 55.1 Å². The minimum atomic E-state index is -0.201. The first-order chi connectivity index (χ1) is 6.25. The van der Waals surface area contributed by atoms with Crippen molar-refractivity contribution in [3.8, 4) is 0 Å². The highest BCUT2D eigenvalue weighted by atomic mass is 16.2. The first-order valence-corrected chi connectivity index (χ1v) is 5.23. The number of carbonyl (C=O) groups is 1. The zero-order chi connectivity index (χ0) is 9.73. The lowest BCUT2D eigenvalue weighted by molar-refractivity contribution is -0.135. The van der Waals surface area contributed by atoms with Gasteiger partial charge < -0.3 is 11.1 Å². The average molecular weight is 184 g/mol. The van der Waals surface area contributed by atoms with Gasteiger partial charge in [-0.15, -0.1) is 0 Å². The predicted molar refractivity (Wildman–Crippen MR) is 53.3 cm³/mol. The van der Waals surface area contributed by atoms with E-state index in [1.807, 2.05) is 0 Å². The highest BCUT2D eigenvalue weighted by Gasteiger charge is 2.42. The molecule has 1 aliphatic carbocycles. The molecule has 1 amide bonds. The van der Waals surface area contributed by atoms with Crippen molar-refractivity contribution in [1.82, 2.24) is 5.32 Å². The van der Waals surface area contributed by atoms with Gasteiger partial charge in [0.1, 0.15) is 0 Å². The summed E-state index contributed by atoms with van der Waals surface area (Å²) in [5, 5.41) is 2.96. The molecular weight excluding hydrogens is 164 g/mol. The Morgan fingerprint density at radius 2 is 2.23 bits per heavy atom. The van der Waals surface area contributed by atoms with Gasteiger partial charge in [-0.05, 0) is 19.3 Å². The van der Waals surface area contributed by atoms with Crippen molar-refractivity contribution in [3.63, 3.8) is 0 Å². The van der Waals surface area contributed by atoms with Crippen LogP contribution in [0.5, 0.6) is 0 Å². The molecular formula is C10H20N2O. The molecule has 3 heteroatoms. The molecule has 0 radical (unpaired) electrons. The summed E-state index contributed by atoms with van der Waals surface area (Å²) in [4.78, 5) is 11.7. The van der Waals surface area contributed by atoms with Crippen LogP contribution >= 0.6 is 0 Å². The maximum atomic E-state index is 11.7. The molecule has 1 saturated carbocycles. The Bertz CT molecular complexity index is 170. The van der Waals surface area contributed by atoms with Crippen LogP contribution in [-0.2, 0) is 4.79 Å². The lowest BCUT2D eigenvalue weighted by atomic mass is 9.68. The molecule has 0 bridgehead atoms. The largest absolute Gasteiger partial charge is 0.356 e. The number of carbonyl (C=O) groups excluding carboxylic acids is 1. The van der Waals surface area contributed by atoms with E-state index in [1.165, 1.54) is 0 Å². The predicted octanol–water partition coefficient (Wildman–Crippen LogP) is 1.03. The van der Waals surface area contributed by atoms with Crippen LogP contribution in [0, 0.1) is 5.41 Å². The van der Waals surface area contributed by atoms with Gasteiger partial charge in [0.05, 0.1) is 5.41 Å². The van der Waals surface area contributed by atoms with E-state index in [1.54, 1.807) is 0 Å². The fraction of sp³-hybridized carbons (Fsp3) is 0.900. The minimum Gasteiger partial charge on any atom is -0.356 e. The average Bonchev–Trinajstić information content (AvgIpc) is 2.04. The van der Waals surface area contributed by atoms with Crippen LogP contribution in [0.3, 0.4) is 0 Å². The molecule has 0 unspecified atom stereocenters. The van der Waals surface area contributed by atoms with Crippen molar-refractivity contribution in [2.45, 2.75) is 39.0 Å². The number of amides is 1. The Kier molecular flexibility index (Phi) is 3.72. The van der Waals surface area contributed by atoms with E-state index in [-0.39, 0.29) is 11.3 Å². The van der Waals surface area contributed by atoms with Crippen LogP contribution in [-0.4, -0.2) is 19.0 Å². The lowest BCUT2D eigenvalue weighted by Gasteiger charge is -2.39. The Morgan fingerprint density at radius 1 is 1.54 bits per heavy atom. The second-order valence-corrected chi connectivity index (χ2v) is 3.95. The molecule has 0 aromatic rings. The number of nitrogens with two attached hydrogens (primary N) is 1. The molecule has 13 heavy (non-hydrogen) atoms. The maximum Gasteiger partial charge on any atom is 0.227 e. The first kappa shape index (κ1) is 10.5. The second kappa shape index (κ2) is 4.61. The number of unbranched alkanes of at least 4 members (excludes halogenated alkanes) is 1. The van der Waals surface area contributed by atoms with Gasteiger partial charge >= 0.3 is 0 Å². The van der Waals surface area contributed by atoms with Gasteiger partial charge in [-0.2, -0.15) is 0 Å². The molecule has 0 aliphatic heterocycles. The third-order valence-electron chi connectivity index (χ3n) is 3.00. The van der Waals surface area contributed by atoms with Gasteiger partial charge in [0.2, 0.25) is 5.91 Å².